The molecule has 0 aliphatic carbocycles. The number of hydrogen-bond acceptors (Lipinski definition) is 7. The van der Waals surface area contributed by atoms with E-state index in [0.717, 1.165) is 17.6 Å². The van der Waals surface area contributed by atoms with Crippen molar-refractivity contribution in [1.29, 1.82) is 5.26 Å². The number of fused-ring (bicyclic) bond motifs is 1. The second kappa shape index (κ2) is 7.28. The second-order valence-corrected chi connectivity index (χ2v) is 6.00. The normalized spacial score (nSPS) is 11.3. The van der Waals surface area contributed by atoms with Gasteiger partial charge >= 0.3 is 15.6 Å². The Morgan fingerprint density at radius 2 is 2.00 bits per heavy atom. The quantitative estimate of drug-likeness (QED) is 0.528. The Labute approximate surface area is 143 Å². The molecule has 0 fully saturated rings. The number of alkyl halides is 3. The molecule has 136 valence electrons. The van der Waals surface area contributed by atoms with E-state index in [1.54, 1.807) is 12.1 Å². The Kier molecular flexibility index (Phi) is 5.32. The van der Waals surface area contributed by atoms with Gasteiger partial charge in [0.1, 0.15) is 6.07 Å². The lowest BCUT2D eigenvalue weighted by Gasteiger charge is -2.07. The van der Waals surface area contributed by atoms with Gasteiger partial charge in [0.15, 0.2) is 11.1 Å². The van der Waals surface area contributed by atoms with Crippen molar-refractivity contribution in [1.82, 2.24) is 9.97 Å². The highest BCUT2D eigenvalue weighted by Gasteiger charge is 2.48. The summed E-state index contributed by atoms with van der Waals surface area (Å²) in [4.78, 5) is 16.7. The molecule has 0 aliphatic rings. The van der Waals surface area contributed by atoms with Crippen LogP contribution in [0.25, 0.3) is 11.0 Å². The van der Waals surface area contributed by atoms with Gasteiger partial charge in [-0.2, -0.15) is 26.9 Å². The lowest BCUT2D eigenvalue weighted by Crippen LogP contribution is -2.28. The molecule has 3 heterocycles. The number of hydrogen-bond donors (Lipinski definition) is 1. The SMILES string of the molecule is N#Cc1c(=O)[nH]cc2ccoc12.O=S(=O)(Oc1ccccn1)C(F)(F)F. The van der Waals surface area contributed by atoms with E-state index in [4.69, 9.17) is 9.68 Å². The minimum Gasteiger partial charge on any atom is -0.463 e. The van der Waals surface area contributed by atoms with Gasteiger partial charge in [-0.15, -0.1) is 0 Å². The first-order valence-corrected chi connectivity index (χ1v) is 7.97. The van der Waals surface area contributed by atoms with Crippen molar-refractivity contribution in [3.8, 4) is 11.9 Å². The van der Waals surface area contributed by atoms with Crippen LogP contribution in [0, 0.1) is 11.3 Å². The zero-order chi connectivity index (χ0) is 19.4. The van der Waals surface area contributed by atoms with Crippen LogP contribution in [0.3, 0.4) is 0 Å². The maximum Gasteiger partial charge on any atom is 0.534 e. The van der Waals surface area contributed by atoms with Gasteiger partial charge in [0.05, 0.1) is 6.26 Å². The zero-order valence-electron chi connectivity index (χ0n) is 12.5. The van der Waals surface area contributed by atoms with Gasteiger partial charge in [0.2, 0.25) is 5.88 Å². The molecule has 12 heteroatoms. The fourth-order valence-corrected chi connectivity index (χ4v) is 2.03. The number of nitriles is 1. The molecule has 1 N–H and O–H groups in total. The number of furan rings is 1. The van der Waals surface area contributed by atoms with Crippen LogP contribution < -0.4 is 9.74 Å². The monoisotopic (exact) mass is 387 g/mol. The smallest absolute Gasteiger partial charge is 0.463 e. The van der Waals surface area contributed by atoms with Crippen molar-refractivity contribution < 1.29 is 30.2 Å². The predicted molar refractivity (Wildman–Crippen MR) is 81.4 cm³/mol. The summed E-state index contributed by atoms with van der Waals surface area (Å²) < 4.78 is 64.9. The lowest BCUT2D eigenvalue weighted by molar-refractivity contribution is -0.0501. The molecule has 0 radical (unpaired) electrons. The molecule has 26 heavy (non-hydrogen) atoms. The summed E-state index contributed by atoms with van der Waals surface area (Å²) in [5.41, 5.74) is -5.48. The summed E-state index contributed by atoms with van der Waals surface area (Å²) in [6.07, 6.45) is 4.07. The molecule has 8 nitrogen and oxygen atoms in total. The standard InChI is InChI=1S/C8H4N2O2.C6H4F3NO3S/c9-3-6-7-5(1-2-12-7)4-10-8(6)11;7-6(8,9)14(11,12)13-5-3-1-2-4-10-5/h1-2,4H,(H,10,11);1-4H. The minimum absolute atomic E-state index is 0.0255. The van der Waals surface area contributed by atoms with Crippen LogP contribution in [-0.4, -0.2) is 23.9 Å². The summed E-state index contributed by atoms with van der Waals surface area (Å²) in [6, 6.07) is 7.19. The molecule has 0 spiro atoms. The first kappa shape index (κ1) is 19.0. The van der Waals surface area contributed by atoms with Crippen molar-refractivity contribution in [2.45, 2.75) is 5.51 Å². The molecule has 3 rings (SSSR count). The van der Waals surface area contributed by atoms with Crippen molar-refractivity contribution in [3.63, 3.8) is 0 Å². The Bertz CT molecular complexity index is 1100. The van der Waals surface area contributed by atoms with Gasteiger partial charge in [-0.25, -0.2) is 4.98 Å². The van der Waals surface area contributed by atoms with Crippen LogP contribution >= 0.6 is 0 Å². The number of nitrogens with zero attached hydrogens (tertiary/aromatic N) is 2. The summed E-state index contributed by atoms with van der Waals surface area (Å²) >= 11 is 0. The molecule has 0 atom stereocenters. The fraction of sp³-hybridized carbons (Fsp3) is 0.0714. The first-order chi connectivity index (χ1) is 12.2. The number of rotatable bonds is 2. The first-order valence-electron chi connectivity index (χ1n) is 6.56. The average molecular weight is 387 g/mol. The molecule has 0 bridgehead atoms. The minimum atomic E-state index is -5.61. The second-order valence-electron chi connectivity index (χ2n) is 4.46. The summed E-state index contributed by atoms with van der Waals surface area (Å²) in [5.74, 6) is -0.621. The van der Waals surface area contributed by atoms with Gasteiger partial charge in [0, 0.05) is 23.8 Å². The number of H-pyrrole nitrogens is 1. The van der Waals surface area contributed by atoms with E-state index in [0.29, 0.717) is 5.58 Å². The van der Waals surface area contributed by atoms with Crippen molar-refractivity contribution in [2.24, 2.45) is 0 Å². The van der Waals surface area contributed by atoms with E-state index in [1.807, 2.05) is 0 Å². The largest absolute Gasteiger partial charge is 0.534 e. The molecule has 0 aliphatic heterocycles. The van der Waals surface area contributed by atoms with Crippen molar-refractivity contribution in [2.75, 3.05) is 0 Å². The van der Waals surface area contributed by atoms with E-state index in [-0.39, 0.29) is 5.56 Å². The number of pyridine rings is 2. The van der Waals surface area contributed by atoms with Crippen molar-refractivity contribution in [3.05, 3.63) is 58.8 Å². The Morgan fingerprint density at radius 3 is 2.58 bits per heavy atom. The average Bonchev–Trinajstić information content (AvgIpc) is 3.03. The maximum atomic E-state index is 11.8. The molecule has 3 aromatic rings. The van der Waals surface area contributed by atoms with E-state index >= 15 is 0 Å². The molecule has 0 saturated carbocycles. The highest BCUT2D eigenvalue weighted by molar-refractivity contribution is 7.87. The third-order valence-electron chi connectivity index (χ3n) is 2.74. The van der Waals surface area contributed by atoms with E-state index in [9.17, 15) is 26.4 Å². The topological polar surface area (TPSA) is 126 Å². The summed E-state index contributed by atoms with van der Waals surface area (Å²) in [7, 11) is -5.61. The van der Waals surface area contributed by atoms with E-state index in [1.165, 1.54) is 24.6 Å². The molecular weight excluding hydrogens is 379 g/mol. The van der Waals surface area contributed by atoms with Gasteiger partial charge in [-0.3, -0.25) is 4.79 Å². The van der Waals surface area contributed by atoms with Gasteiger partial charge in [-0.1, -0.05) is 6.07 Å². The van der Waals surface area contributed by atoms with Gasteiger partial charge < -0.3 is 13.6 Å². The molecule has 0 aromatic carbocycles. The highest BCUT2D eigenvalue weighted by Crippen LogP contribution is 2.25. The molecular formula is C14H8F3N3O5S. The van der Waals surface area contributed by atoms with Gasteiger partial charge in [0.25, 0.3) is 5.56 Å². The summed E-state index contributed by atoms with van der Waals surface area (Å²) in [6.45, 7) is 0. The predicted octanol–water partition coefficient (Wildman–Crippen LogP) is 2.30. The van der Waals surface area contributed by atoms with Crippen molar-refractivity contribution >= 4 is 21.1 Å². The molecule has 3 aromatic heterocycles. The number of aromatic nitrogens is 2. The van der Waals surface area contributed by atoms with Crippen LogP contribution in [0.1, 0.15) is 5.56 Å². The lowest BCUT2D eigenvalue weighted by atomic mass is 10.2. The third-order valence-corrected chi connectivity index (χ3v) is 3.69. The number of halogens is 3. The van der Waals surface area contributed by atoms with Crippen LogP contribution in [-0.2, 0) is 10.1 Å². The van der Waals surface area contributed by atoms with E-state index in [2.05, 4.69) is 14.2 Å². The maximum absolute atomic E-state index is 11.8. The van der Waals surface area contributed by atoms with Crippen LogP contribution in [0.5, 0.6) is 5.88 Å². The molecule has 0 amide bonds. The summed E-state index contributed by atoms with van der Waals surface area (Å²) in [5, 5.41) is 9.33. The molecule has 0 unspecified atom stereocenters. The van der Waals surface area contributed by atoms with Crippen LogP contribution in [0.2, 0.25) is 0 Å². The Morgan fingerprint density at radius 1 is 1.27 bits per heavy atom. The Hall–Kier alpha value is -3.33. The number of nitrogens with one attached hydrogen (secondary N) is 1. The van der Waals surface area contributed by atoms with Crippen LogP contribution in [0.15, 0.2) is 52.1 Å². The third kappa shape index (κ3) is 4.19. The van der Waals surface area contributed by atoms with Crippen LogP contribution in [0.4, 0.5) is 13.2 Å². The zero-order valence-corrected chi connectivity index (χ0v) is 13.3. The fourth-order valence-electron chi connectivity index (χ4n) is 1.61. The van der Waals surface area contributed by atoms with E-state index < -0.39 is 27.1 Å². The molecule has 0 saturated heterocycles. The highest BCUT2D eigenvalue weighted by atomic mass is 32.2. The number of aromatic amines is 1. The van der Waals surface area contributed by atoms with Gasteiger partial charge in [-0.05, 0) is 12.1 Å². The Balaban J connectivity index is 0.000000189.